The van der Waals surface area contributed by atoms with Crippen molar-refractivity contribution in [3.8, 4) is 5.69 Å². The predicted octanol–water partition coefficient (Wildman–Crippen LogP) is 3.96. The van der Waals surface area contributed by atoms with Gasteiger partial charge in [-0.2, -0.15) is 18.3 Å². The summed E-state index contributed by atoms with van der Waals surface area (Å²) in [5.41, 5.74) is 1.85. The molecule has 0 saturated carbocycles. The van der Waals surface area contributed by atoms with Crippen molar-refractivity contribution in [2.75, 3.05) is 0 Å². The van der Waals surface area contributed by atoms with E-state index in [0.29, 0.717) is 17.9 Å². The lowest BCUT2D eigenvalue weighted by Gasteiger charge is -2.10. The van der Waals surface area contributed by atoms with E-state index in [0.717, 1.165) is 5.56 Å². The van der Waals surface area contributed by atoms with Crippen LogP contribution in [0.5, 0.6) is 0 Å². The molecular weight excluding hydrogens is 303 g/mol. The van der Waals surface area contributed by atoms with Gasteiger partial charge in [0, 0.05) is 6.42 Å². The van der Waals surface area contributed by atoms with Crippen LogP contribution in [0.3, 0.4) is 0 Å². The summed E-state index contributed by atoms with van der Waals surface area (Å²) in [6, 6.07) is 16.0. The van der Waals surface area contributed by atoms with Gasteiger partial charge in [0.15, 0.2) is 0 Å². The fraction of sp³-hybridized carbons (Fsp3) is 0.176. The first kappa shape index (κ1) is 15.3. The summed E-state index contributed by atoms with van der Waals surface area (Å²) in [5, 5.41) is 4.14. The second-order valence-corrected chi connectivity index (χ2v) is 5.21. The van der Waals surface area contributed by atoms with Crippen molar-refractivity contribution in [3.63, 3.8) is 0 Å². The van der Waals surface area contributed by atoms with Crippen molar-refractivity contribution in [2.45, 2.75) is 19.0 Å². The third-order valence-electron chi connectivity index (χ3n) is 3.38. The number of hydrogen-bond acceptors (Lipinski definition) is 2. The third-order valence-corrected chi connectivity index (χ3v) is 3.38. The van der Waals surface area contributed by atoms with Crippen LogP contribution in [0.4, 0.5) is 13.2 Å². The molecule has 0 saturated heterocycles. The number of aromatic nitrogens is 3. The highest BCUT2D eigenvalue weighted by Gasteiger charge is 2.27. The van der Waals surface area contributed by atoms with Gasteiger partial charge in [0.2, 0.25) is 0 Å². The van der Waals surface area contributed by atoms with Crippen LogP contribution in [0.1, 0.15) is 17.0 Å². The van der Waals surface area contributed by atoms with E-state index in [1.807, 2.05) is 30.3 Å². The van der Waals surface area contributed by atoms with Crippen molar-refractivity contribution in [3.05, 3.63) is 77.9 Å². The van der Waals surface area contributed by atoms with E-state index in [-0.39, 0.29) is 5.56 Å². The summed E-state index contributed by atoms with van der Waals surface area (Å²) in [4.78, 5) is 4.22. The Labute approximate surface area is 131 Å². The van der Waals surface area contributed by atoms with E-state index < -0.39 is 12.6 Å². The molecule has 0 aliphatic carbocycles. The normalized spacial score (nSPS) is 11.6. The van der Waals surface area contributed by atoms with Gasteiger partial charge in [-0.15, -0.1) is 0 Å². The lowest BCUT2D eigenvalue weighted by Crippen LogP contribution is -2.12. The molecular formula is C17H14F3N3. The molecule has 0 atom stereocenters. The van der Waals surface area contributed by atoms with Crippen LogP contribution in [0, 0.1) is 0 Å². The number of rotatable bonds is 4. The molecule has 0 unspecified atom stereocenters. The highest BCUT2D eigenvalue weighted by atomic mass is 19.4. The summed E-state index contributed by atoms with van der Waals surface area (Å²) in [6.07, 6.45) is -3.21. The van der Waals surface area contributed by atoms with Crippen molar-refractivity contribution >= 4 is 0 Å². The Kier molecular flexibility index (Phi) is 4.14. The largest absolute Gasteiger partial charge is 0.393 e. The smallest absolute Gasteiger partial charge is 0.219 e. The van der Waals surface area contributed by atoms with Crippen molar-refractivity contribution < 1.29 is 13.2 Å². The van der Waals surface area contributed by atoms with Crippen LogP contribution in [-0.2, 0) is 12.8 Å². The zero-order chi connectivity index (χ0) is 16.3. The monoisotopic (exact) mass is 317 g/mol. The fourth-order valence-corrected chi connectivity index (χ4v) is 2.41. The first-order chi connectivity index (χ1) is 11.0. The quantitative estimate of drug-likeness (QED) is 0.729. The summed E-state index contributed by atoms with van der Waals surface area (Å²) in [6.45, 7) is 0. The molecule has 3 rings (SSSR count). The van der Waals surface area contributed by atoms with Gasteiger partial charge in [-0.05, 0) is 23.3 Å². The highest BCUT2D eigenvalue weighted by Crippen LogP contribution is 2.23. The Morgan fingerprint density at radius 2 is 1.65 bits per heavy atom. The molecule has 0 spiro atoms. The maximum absolute atomic E-state index is 12.5. The number of benzene rings is 2. The molecule has 0 aliphatic heterocycles. The highest BCUT2D eigenvalue weighted by molar-refractivity contribution is 5.36. The van der Waals surface area contributed by atoms with E-state index in [1.54, 1.807) is 16.8 Å². The van der Waals surface area contributed by atoms with Gasteiger partial charge in [0.05, 0.1) is 12.1 Å². The van der Waals surface area contributed by atoms with Crippen LogP contribution < -0.4 is 0 Å². The van der Waals surface area contributed by atoms with Crippen LogP contribution >= 0.6 is 0 Å². The Hall–Kier alpha value is -2.63. The van der Waals surface area contributed by atoms with Gasteiger partial charge in [-0.3, -0.25) is 0 Å². The van der Waals surface area contributed by atoms with Gasteiger partial charge in [-0.1, -0.05) is 42.5 Å². The average molecular weight is 317 g/mol. The second kappa shape index (κ2) is 6.24. The van der Waals surface area contributed by atoms with Gasteiger partial charge >= 0.3 is 6.18 Å². The minimum absolute atomic E-state index is 0.205. The molecule has 118 valence electrons. The minimum Gasteiger partial charge on any atom is -0.219 e. The Morgan fingerprint density at radius 1 is 0.913 bits per heavy atom. The number of halogens is 3. The SMILES string of the molecule is FC(F)(F)Cc1cccc(-n2ncnc2Cc2ccccc2)c1. The summed E-state index contributed by atoms with van der Waals surface area (Å²) < 4.78 is 39.2. The van der Waals surface area contributed by atoms with Gasteiger partial charge in [0.25, 0.3) is 0 Å². The molecule has 0 radical (unpaired) electrons. The Balaban J connectivity index is 1.88. The summed E-state index contributed by atoms with van der Waals surface area (Å²) in [7, 11) is 0. The molecule has 23 heavy (non-hydrogen) atoms. The summed E-state index contributed by atoms with van der Waals surface area (Å²) in [5.74, 6) is 0.681. The van der Waals surface area contributed by atoms with Gasteiger partial charge in [-0.25, -0.2) is 9.67 Å². The zero-order valence-corrected chi connectivity index (χ0v) is 12.2. The molecule has 0 bridgehead atoms. The first-order valence-corrected chi connectivity index (χ1v) is 7.10. The van der Waals surface area contributed by atoms with E-state index in [2.05, 4.69) is 10.1 Å². The van der Waals surface area contributed by atoms with Crippen LogP contribution in [0.15, 0.2) is 60.9 Å². The van der Waals surface area contributed by atoms with Crippen molar-refractivity contribution in [1.29, 1.82) is 0 Å². The molecule has 0 aliphatic rings. The van der Waals surface area contributed by atoms with E-state index in [4.69, 9.17) is 0 Å². The molecule has 0 N–H and O–H groups in total. The van der Waals surface area contributed by atoms with Crippen LogP contribution in [0.25, 0.3) is 5.69 Å². The molecule has 0 fully saturated rings. The molecule has 6 heteroatoms. The number of hydrogen-bond donors (Lipinski definition) is 0. The van der Waals surface area contributed by atoms with E-state index in [1.165, 1.54) is 18.5 Å². The lowest BCUT2D eigenvalue weighted by molar-refractivity contribution is -0.127. The Morgan fingerprint density at radius 3 is 2.39 bits per heavy atom. The minimum atomic E-state index is -4.23. The van der Waals surface area contributed by atoms with Crippen LogP contribution in [0.2, 0.25) is 0 Å². The molecule has 2 aromatic carbocycles. The Bertz CT molecular complexity index is 779. The molecule has 3 aromatic rings. The number of nitrogens with zero attached hydrogens (tertiary/aromatic N) is 3. The van der Waals surface area contributed by atoms with Crippen molar-refractivity contribution in [1.82, 2.24) is 14.8 Å². The van der Waals surface area contributed by atoms with Gasteiger partial charge in [0.1, 0.15) is 12.2 Å². The van der Waals surface area contributed by atoms with Crippen LogP contribution in [-0.4, -0.2) is 20.9 Å². The topological polar surface area (TPSA) is 30.7 Å². The predicted molar refractivity (Wildman–Crippen MR) is 80.4 cm³/mol. The standard InChI is InChI=1S/C17H14F3N3/c18-17(19,20)11-14-7-4-8-15(9-14)23-16(21-12-22-23)10-13-5-2-1-3-6-13/h1-9,12H,10-11H2. The molecule has 3 nitrogen and oxygen atoms in total. The number of alkyl halides is 3. The van der Waals surface area contributed by atoms with E-state index in [9.17, 15) is 13.2 Å². The molecule has 0 amide bonds. The average Bonchev–Trinajstić information content (AvgIpc) is 2.95. The summed E-state index contributed by atoms with van der Waals surface area (Å²) >= 11 is 0. The maximum Gasteiger partial charge on any atom is 0.393 e. The molecule has 1 heterocycles. The molecule has 1 aromatic heterocycles. The maximum atomic E-state index is 12.5. The fourth-order valence-electron chi connectivity index (χ4n) is 2.41. The van der Waals surface area contributed by atoms with E-state index >= 15 is 0 Å². The lowest BCUT2D eigenvalue weighted by atomic mass is 10.1. The van der Waals surface area contributed by atoms with Gasteiger partial charge < -0.3 is 0 Å². The third kappa shape index (κ3) is 3.97. The zero-order valence-electron chi connectivity index (χ0n) is 12.2. The second-order valence-electron chi connectivity index (χ2n) is 5.21. The van der Waals surface area contributed by atoms with Crippen molar-refractivity contribution in [2.24, 2.45) is 0 Å². The first-order valence-electron chi connectivity index (χ1n) is 7.10.